The summed E-state index contributed by atoms with van der Waals surface area (Å²) in [6.45, 7) is 2.62. The Labute approximate surface area is 62.7 Å². The van der Waals surface area contributed by atoms with Gasteiger partial charge in [0.15, 0.2) is 0 Å². The average Bonchev–Trinajstić information content (AvgIpc) is 1.66. The molecule has 0 aromatic heterocycles. The SMILES string of the molecule is CCCCOC(=O)I. The molecule has 2 nitrogen and oxygen atoms in total. The number of unbranched alkanes of at least 4 members (excludes halogenated alkanes) is 1. The Bertz CT molecular complexity index is 72.8. The van der Waals surface area contributed by atoms with Crippen LogP contribution in [0.2, 0.25) is 0 Å². The van der Waals surface area contributed by atoms with Crippen LogP contribution in [-0.2, 0) is 4.74 Å². The number of halogens is 1. The Morgan fingerprint density at radius 1 is 1.75 bits per heavy atom. The van der Waals surface area contributed by atoms with E-state index in [-0.39, 0.29) is 3.98 Å². The fourth-order valence-electron chi connectivity index (χ4n) is 0.297. The maximum Gasteiger partial charge on any atom is 0.367 e. The molecule has 0 atom stereocenters. The molecular weight excluding hydrogens is 219 g/mol. The molecule has 0 aliphatic heterocycles. The van der Waals surface area contributed by atoms with Gasteiger partial charge in [-0.05, 0) is 6.42 Å². The summed E-state index contributed by atoms with van der Waals surface area (Å²) in [5, 5.41) is 0. The lowest BCUT2D eigenvalue weighted by atomic mass is 10.4. The molecule has 0 saturated carbocycles. The zero-order chi connectivity index (χ0) is 6.41. The molecule has 0 radical (unpaired) electrons. The number of ether oxygens (including phenoxy) is 1. The third-order valence-electron chi connectivity index (χ3n) is 0.713. The zero-order valence-electron chi connectivity index (χ0n) is 4.82. The molecule has 0 aliphatic rings. The summed E-state index contributed by atoms with van der Waals surface area (Å²) in [4.78, 5) is 10.1. The summed E-state index contributed by atoms with van der Waals surface area (Å²) >= 11 is 1.62. The Kier molecular flexibility index (Phi) is 5.47. The predicted octanol–water partition coefficient (Wildman–Crippen LogP) is 2.36. The minimum absolute atomic E-state index is 0.212. The lowest BCUT2D eigenvalue weighted by Gasteiger charge is -1.95. The first-order valence-electron chi connectivity index (χ1n) is 2.59. The molecule has 0 bridgehead atoms. The van der Waals surface area contributed by atoms with Crippen molar-refractivity contribution < 1.29 is 9.53 Å². The van der Waals surface area contributed by atoms with E-state index in [9.17, 15) is 4.79 Å². The fourth-order valence-corrected chi connectivity index (χ4v) is 0.517. The maximum atomic E-state index is 10.1. The normalized spacial score (nSPS) is 8.75. The van der Waals surface area contributed by atoms with E-state index in [2.05, 4.69) is 11.7 Å². The lowest BCUT2D eigenvalue weighted by molar-refractivity contribution is 0.177. The van der Waals surface area contributed by atoms with E-state index in [0.717, 1.165) is 12.8 Å². The molecule has 0 spiro atoms. The largest absolute Gasteiger partial charge is 0.458 e. The Morgan fingerprint density at radius 3 is 2.75 bits per heavy atom. The summed E-state index contributed by atoms with van der Waals surface area (Å²) in [7, 11) is 0. The predicted molar refractivity (Wildman–Crippen MR) is 40.3 cm³/mol. The van der Waals surface area contributed by atoms with Crippen molar-refractivity contribution in [1.82, 2.24) is 0 Å². The van der Waals surface area contributed by atoms with Crippen molar-refractivity contribution in [2.24, 2.45) is 0 Å². The third kappa shape index (κ3) is 6.20. The van der Waals surface area contributed by atoms with E-state index in [0.29, 0.717) is 6.61 Å². The fraction of sp³-hybridized carbons (Fsp3) is 0.800. The molecule has 0 unspecified atom stereocenters. The van der Waals surface area contributed by atoms with Gasteiger partial charge in [0.1, 0.15) is 0 Å². The minimum Gasteiger partial charge on any atom is -0.458 e. The first kappa shape index (κ1) is 8.20. The standard InChI is InChI=1S/C5H9IO2/c1-2-3-4-8-5(6)7/h2-4H2,1H3. The highest BCUT2D eigenvalue weighted by molar-refractivity contribution is 14.1. The molecule has 0 amide bonds. The van der Waals surface area contributed by atoms with E-state index in [1.165, 1.54) is 0 Å². The van der Waals surface area contributed by atoms with Gasteiger partial charge < -0.3 is 4.74 Å². The van der Waals surface area contributed by atoms with Crippen LogP contribution in [0, 0.1) is 0 Å². The van der Waals surface area contributed by atoms with Crippen molar-refractivity contribution in [3.05, 3.63) is 0 Å². The highest BCUT2D eigenvalue weighted by Gasteiger charge is 1.90. The molecule has 0 aliphatic carbocycles. The molecule has 3 heteroatoms. The van der Waals surface area contributed by atoms with Crippen LogP contribution in [-0.4, -0.2) is 10.6 Å². The van der Waals surface area contributed by atoms with Gasteiger partial charge in [-0.2, -0.15) is 0 Å². The topological polar surface area (TPSA) is 26.3 Å². The van der Waals surface area contributed by atoms with Crippen molar-refractivity contribution in [3.8, 4) is 0 Å². The van der Waals surface area contributed by atoms with Crippen molar-refractivity contribution in [2.45, 2.75) is 19.8 Å². The van der Waals surface area contributed by atoms with E-state index >= 15 is 0 Å². The quantitative estimate of drug-likeness (QED) is 0.421. The van der Waals surface area contributed by atoms with Gasteiger partial charge in [0.2, 0.25) is 0 Å². The molecule has 0 heterocycles. The highest BCUT2D eigenvalue weighted by atomic mass is 127. The zero-order valence-corrected chi connectivity index (χ0v) is 6.97. The summed E-state index contributed by atoms with van der Waals surface area (Å²) in [6, 6.07) is 0. The first-order chi connectivity index (χ1) is 3.77. The van der Waals surface area contributed by atoms with Crippen LogP contribution in [0.1, 0.15) is 19.8 Å². The van der Waals surface area contributed by atoms with Gasteiger partial charge in [-0.1, -0.05) is 13.3 Å². The molecule has 8 heavy (non-hydrogen) atoms. The van der Waals surface area contributed by atoms with Crippen LogP contribution in [0.25, 0.3) is 0 Å². The van der Waals surface area contributed by atoms with Gasteiger partial charge in [0.25, 0.3) is 0 Å². The van der Waals surface area contributed by atoms with Crippen LogP contribution in [0.4, 0.5) is 4.79 Å². The molecule has 0 saturated heterocycles. The second kappa shape index (κ2) is 5.34. The summed E-state index contributed by atoms with van der Waals surface area (Å²) in [6.07, 6.45) is 2.04. The van der Waals surface area contributed by atoms with Crippen LogP contribution in [0.5, 0.6) is 0 Å². The van der Waals surface area contributed by atoms with Gasteiger partial charge in [-0.25, -0.2) is 4.79 Å². The van der Waals surface area contributed by atoms with Crippen molar-refractivity contribution in [3.63, 3.8) is 0 Å². The molecule has 0 aromatic rings. The van der Waals surface area contributed by atoms with E-state index in [1.54, 1.807) is 22.6 Å². The first-order valence-corrected chi connectivity index (χ1v) is 3.67. The monoisotopic (exact) mass is 228 g/mol. The Hall–Kier alpha value is 0.200. The maximum absolute atomic E-state index is 10.1. The highest BCUT2D eigenvalue weighted by Crippen LogP contribution is 1.94. The molecule has 0 aromatic carbocycles. The van der Waals surface area contributed by atoms with E-state index in [1.807, 2.05) is 0 Å². The molecule has 0 rings (SSSR count). The van der Waals surface area contributed by atoms with Gasteiger partial charge in [0.05, 0.1) is 29.2 Å². The van der Waals surface area contributed by atoms with E-state index < -0.39 is 0 Å². The van der Waals surface area contributed by atoms with Crippen molar-refractivity contribution >= 4 is 26.6 Å². The Balaban J connectivity index is 2.82. The molecule has 0 fully saturated rings. The number of rotatable bonds is 3. The van der Waals surface area contributed by atoms with Gasteiger partial charge in [-0.15, -0.1) is 0 Å². The van der Waals surface area contributed by atoms with Gasteiger partial charge in [0, 0.05) is 0 Å². The second-order valence-electron chi connectivity index (χ2n) is 1.44. The second-order valence-corrected chi connectivity index (χ2v) is 2.32. The smallest absolute Gasteiger partial charge is 0.367 e. The van der Waals surface area contributed by atoms with Crippen molar-refractivity contribution in [1.29, 1.82) is 0 Å². The third-order valence-corrected chi connectivity index (χ3v) is 1.02. The molecule has 48 valence electrons. The summed E-state index contributed by atoms with van der Waals surface area (Å²) in [5.74, 6) is 0. The number of hydrogen-bond acceptors (Lipinski definition) is 2. The lowest BCUT2D eigenvalue weighted by Crippen LogP contribution is -1.94. The summed E-state index contributed by atoms with van der Waals surface area (Å²) < 4.78 is 4.42. The number of carbonyl (C=O) groups excluding carboxylic acids is 1. The van der Waals surface area contributed by atoms with Gasteiger partial charge in [-0.3, -0.25) is 0 Å². The van der Waals surface area contributed by atoms with Gasteiger partial charge >= 0.3 is 3.98 Å². The minimum atomic E-state index is -0.212. The number of hydrogen-bond donors (Lipinski definition) is 0. The van der Waals surface area contributed by atoms with Crippen LogP contribution in [0.3, 0.4) is 0 Å². The van der Waals surface area contributed by atoms with Crippen LogP contribution < -0.4 is 0 Å². The molecule has 0 N–H and O–H groups in total. The van der Waals surface area contributed by atoms with Crippen LogP contribution in [0.15, 0.2) is 0 Å². The Morgan fingerprint density at radius 2 is 2.38 bits per heavy atom. The average molecular weight is 228 g/mol. The molecular formula is C5H9IO2. The number of carbonyl (C=O) groups is 1. The summed E-state index contributed by atoms with van der Waals surface area (Å²) in [5.41, 5.74) is 0. The van der Waals surface area contributed by atoms with Crippen LogP contribution >= 0.6 is 22.6 Å². The van der Waals surface area contributed by atoms with E-state index in [4.69, 9.17) is 0 Å². The van der Waals surface area contributed by atoms with Crippen molar-refractivity contribution in [2.75, 3.05) is 6.61 Å².